The van der Waals surface area contributed by atoms with Gasteiger partial charge in [-0.3, -0.25) is 9.13 Å². The number of aromatic hydroxyl groups is 1. The summed E-state index contributed by atoms with van der Waals surface area (Å²) in [7, 11) is -11.5. The van der Waals surface area contributed by atoms with E-state index in [1.165, 1.54) is 0 Å². The van der Waals surface area contributed by atoms with E-state index in [1.807, 2.05) is 0 Å². The van der Waals surface area contributed by atoms with E-state index in [1.54, 1.807) is 0 Å². The van der Waals surface area contributed by atoms with Gasteiger partial charge in [0, 0.05) is 0 Å². The molecule has 1 rings (SSSR count). The Balaban J connectivity index is 0. The Labute approximate surface area is 203 Å². The van der Waals surface area contributed by atoms with Crippen molar-refractivity contribution in [3.63, 3.8) is 0 Å². The summed E-state index contributed by atoms with van der Waals surface area (Å²) in [5.41, 5.74) is 0. The Morgan fingerprint density at radius 1 is 0.857 bits per heavy atom. The molecule has 0 aliphatic rings. The summed E-state index contributed by atoms with van der Waals surface area (Å²) in [5.74, 6) is -6.44. The second-order valence-electron chi connectivity index (χ2n) is 4.46. The molecule has 0 aromatic heterocycles. The fourth-order valence-corrected chi connectivity index (χ4v) is 4.37. The number of rotatable bonds is 4. The van der Waals surface area contributed by atoms with Gasteiger partial charge in [0.05, 0.1) is 15.1 Å². The van der Waals surface area contributed by atoms with Crippen molar-refractivity contribution in [1.82, 2.24) is 0 Å². The van der Waals surface area contributed by atoms with Crippen molar-refractivity contribution in [3.05, 3.63) is 25.1 Å². The number of hydrogen-bond acceptors (Lipinski definition) is 6. The third-order valence-electron chi connectivity index (χ3n) is 2.62. The minimum absolute atomic E-state index is 0. The molecule has 0 aliphatic heterocycles. The van der Waals surface area contributed by atoms with Crippen molar-refractivity contribution in [1.29, 1.82) is 0 Å². The zero-order valence-corrected chi connectivity index (χ0v) is 17.7. The van der Waals surface area contributed by atoms with Crippen molar-refractivity contribution < 1.29 is 53.9 Å². The maximum atomic E-state index is 10.5. The summed E-state index contributed by atoms with van der Waals surface area (Å²) in [6.07, 6.45) is 0. The monoisotopic (exact) mass is 554 g/mol. The van der Waals surface area contributed by atoms with Gasteiger partial charge < -0.3 is 40.0 Å². The van der Waals surface area contributed by atoms with Crippen LogP contribution in [0.25, 0.3) is 0 Å². The van der Waals surface area contributed by atoms with Gasteiger partial charge in [-0.1, -0.05) is 58.0 Å². The molecule has 1 aromatic carbocycles. The van der Waals surface area contributed by atoms with Crippen molar-refractivity contribution in [2.24, 2.45) is 0 Å². The van der Waals surface area contributed by atoms with Gasteiger partial charge >= 0.3 is 56.1 Å². The van der Waals surface area contributed by atoms with Gasteiger partial charge in [0.1, 0.15) is 10.0 Å². The number of aliphatic hydroxyl groups is 2. The molecule has 0 amide bonds. The van der Waals surface area contributed by atoms with Crippen LogP contribution in [0.1, 0.15) is 0 Å². The maximum absolute atomic E-state index is 10.5. The number of aliphatic carboxylic acids is 1. The van der Waals surface area contributed by atoms with Gasteiger partial charge in [0.2, 0.25) is 5.85 Å². The van der Waals surface area contributed by atoms with Gasteiger partial charge in [-0.05, 0) is 0 Å². The van der Waals surface area contributed by atoms with Gasteiger partial charge in [-0.15, -0.1) is 0 Å². The molecule has 0 heterocycles. The molecule has 19 heteroatoms. The van der Waals surface area contributed by atoms with Crippen LogP contribution in [0.3, 0.4) is 0 Å². The number of phenols is 1. The first-order valence-electron chi connectivity index (χ1n) is 5.76. The minimum atomic E-state index is -5.88. The SMILES string of the molecule is O=C(O)C(O)(C(O)P(=O)(O)O)P(=O)(O)O.Oc1c(Cl)c(Cl)c(Cl)c(Cl)c1Cl.[NaH]. The van der Waals surface area contributed by atoms with E-state index < -0.39 is 32.3 Å². The number of carboxylic acid groups (broad SMARTS) is 1. The zero-order chi connectivity index (χ0) is 22.1. The predicted molar refractivity (Wildman–Crippen MR) is 103 cm³/mol. The first-order valence-corrected chi connectivity index (χ1v) is 10.9. The van der Waals surface area contributed by atoms with Gasteiger partial charge in [-0.25, -0.2) is 4.79 Å². The topological polar surface area (TPSA) is 213 Å². The first-order chi connectivity index (χ1) is 11.8. The van der Waals surface area contributed by atoms with Crippen LogP contribution in [-0.2, 0) is 13.9 Å². The Kier molecular flexibility index (Phi) is 12.5. The Bertz CT molecular complexity index is 737. The van der Waals surface area contributed by atoms with E-state index in [9.17, 15) is 19.0 Å². The standard InChI is InChI=1S/C6HCl5O.C3H8O10P2.Na.H/c7-1-2(8)4(10)6(12)5(11)3(1)9;4-1(5)3(7,15(11,12)13)2(6)14(8,9)10;;/h12H;2,6-7H,(H,4,5)(H2,8,9,10)(H2,11,12,13);;. The molecule has 0 spiro atoms. The molecular weight excluding hydrogens is 546 g/mol. The number of carbonyl (C=O) groups is 1. The molecule has 0 radical (unpaired) electrons. The number of halogens is 5. The number of phenolic OH excluding ortho intramolecular Hbond substituents is 1. The van der Waals surface area contributed by atoms with Crippen molar-refractivity contribution in [2.45, 2.75) is 11.2 Å². The summed E-state index contributed by atoms with van der Waals surface area (Å²) < 4.78 is 20.9. The Morgan fingerprint density at radius 3 is 1.32 bits per heavy atom. The van der Waals surface area contributed by atoms with Crippen LogP contribution in [0, 0.1) is 0 Å². The Hall–Kier alpha value is 1.16. The van der Waals surface area contributed by atoms with E-state index in [2.05, 4.69) is 0 Å². The summed E-state index contributed by atoms with van der Waals surface area (Å²) in [4.78, 5) is 43.8. The molecule has 0 bridgehead atoms. The van der Waals surface area contributed by atoms with Crippen LogP contribution < -0.4 is 0 Å². The summed E-state index contributed by atoms with van der Waals surface area (Å²) >= 11 is 27.9. The first kappa shape index (κ1) is 31.3. The normalized spacial score (nSPS) is 14.8. The van der Waals surface area contributed by atoms with Crippen LogP contribution in [-0.4, -0.2) is 86.7 Å². The molecule has 0 fully saturated rings. The molecule has 0 aliphatic carbocycles. The molecule has 8 N–H and O–H groups in total. The van der Waals surface area contributed by atoms with Crippen LogP contribution in [0.2, 0.25) is 25.1 Å². The second kappa shape index (κ2) is 11.2. The summed E-state index contributed by atoms with van der Waals surface area (Å²) in [6.45, 7) is 0. The summed E-state index contributed by atoms with van der Waals surface area (Å²) in [5, 5.41) is 30.7. The molecule has 28 heavy (non-hydrogen) atoms. The van der Waals surface area contributed by atoms with Gasteiger partial charge in [0.15, 0.2) is 5.75 Å². The molecule has 158 valence electrons. The average molecular weight is 556 g/mol. The number of carboxylic acids is 1. The molecule has 0 saturated carbocycles. The van der Waals surface area contributed by atoms with Crippen LogP contribution in [0.15, 0.2) is 0 Å². The van der Waals surface area contributed by atoms with E-state index in [-0.39, 0.29) is 60.4 Å². The molecule has 11 nitrogen and oxygen atoms in total. The van der Waals surface area contributed by atoms with Crippen LogP contribution in [0.5, 0.6) is 5.75 Å². The fraction of sp³-hybridized carbons (Fsp3) is 0.222. The third kappa shape index (κ3) is 6.83. The average Bonchev–Trinajstić information content (AvgIpc) is 2.53. The molecule has 2 atom stereocenters. The Morgan fingerprint density at radius 2 is 1.14 bits per heavy atom. The van der Waals surface area contributed by atoms with E-state index in [0.29, 0.717) is 0 Å². The summed E-state index contributed by atoms with van der Waals surface area (Å²) in [6, 6.07) is 0. The fourth-order valence-electron chi connectivity index (χ4n) is 1.21. The number of benzene rings is 1. The van der Waals surface area contributed by atoms with Gasteiger partial charge in [0.25, 0.3) is 0 Å². The van der Waals surface area contributed by atoms with Crippen LogP contribution in [0.4, 0.5) is 0 Å². The van der Waals surface area contributed by atoms with E-state index in [0.717, 1.165) is 0 Å². The van der Waals surface area contributed by atoms with E-state index >= 15 is 0 Å². The quantitative estimate of drug-likeness (QED) is 0.115. The van der Waals surface area contributed by atoms with Crippen molar-refractivity contribution in [2.75, 3.05) is 0 Å². The van der Waals surface area contributed by atoms with Gasteiger partial charge in [-0.2, -0.15) is 0 Å². The second-order valence-corrected chi connectivity index (χ2v) is 9.78. The zero-order valence-electron chi connectivity index (χ0n) is 12.2. The predicted octanol–water partition coefficient (Wildman–Crippen LogP) is 1.44. The molecular formula is C9H10Cl5NaO11P2. The van der Waals surface area contributed by atoms with Crippen LogP contribution >= 0.6 is 73.2 Å². The molecule has 0 saturated heterocycles. The molecule has 1 aromatic rings. The number of hydrogen-bond donors (Lipinski definition) is 8. The molecule has 2 unspecified atom stereocenters. The number of aliphatic hydroxyl groups excluding tert-OH is 1. The van der Waals surface area contributed by atoms with Crippen molar-refractivity contribution in [3.8, 4) is 5.75 Å². The third-order valence-corrected chi connectivity index (χ3v) is 7.42. The van der Waals surface area contributed by atoms with Crippen molar-refractivity contribution >= 4 is 109 Å². The van der Waals surface area contributed by atoms with E-state index in [4.69, 9.17) is 92.9 Å².